The molecule has 0 amide bonds. The van der Waals surface area contributed by atoms with Crippen LogP contribution in [0.1, 0.15) is 11.1 Å². The first kappa shape index (κ1) is 45.9. The van der Waals surface area contributed by atoms with E-state index < -0.39 is 0 Å². The molecule has 4 nitrogen and oxygen atoms in total. The van der Waals surface area contributed by atoms with Gasteiger partial charge in [0.15, 0.2) is 0 Å². The molecule has 0 fully saturated rings. The van der Waals surface area contributed by atoms with Crippen LogP contribution in [0, 0.1) is 13.8 Å². The first-order valence-corrected chi connectivity index (χ1v) is 26.1. The number of nitrogens with zero attached hydrogens (tertiary/aromatic N) is 4. The van der Waals surface area contributed by atoms with E-state index in [1.807, 2.05) is 0 Å². The third kappa shape index (κ3) is 8.82. The molecule has 0 aliphatic carbocycles. The molecule has 0 aliphatic heterocycles. The average molecular weight is 975 g/mol. The van der Waals surface area contributed by atoms with Crippen LogP contribution in [0.15, 0.2) is 291 Å². The third-order valence-corrected chi connectivity index (χ3v) is 14.6. The van der Waals surface area contributed by atoms with Crippen molar-refractivity contribution >= 4 is 55.9 Å². The first-order chi connectivity index (χ1) is 37.5. The number of rotatable bonds is 12. The number of aryl methyl sites for hydroxylation is 2. The van der Waals surface area contributed by atoms with Crippen LogP contribution in [0.4, 0.5) is 34.1 Å². The van der Waals surface area contributed by atoms with Crippen molar-refractivity contribution in [1.29, 1.82) is 0 Å². The van der Waals surface area contributed by atoms with Gasteiger partial charge in [0.25, 0.3) is 0 Å². The molecule has 0 atom stereocenters. The largest absolute Gasteiger partial charge is 0.310 e. The molecule has 0 aliphatic rings. The van der Waals surface area contributed by atoms with Gasteiger partial charge < -0.3 is 18.9 Å². The van der Waals surface area contributed by atoms with Crippen LogP contribution in [0.3, 0.4) is 0 Å². The second-order valence-corrected chi connectivity index (χ2v) is 19.6. The molecule has 0 unspecified atom stereocenters. The van der Waals surface area contributed by atoms with Crippen molar-refractivity contribution in [2.45, 2.75) is 13.8 Å². The van der Waals surface area contributed by atoms with Crippen molar-refractivity contribution in [3.63, 3.8) is 0 Å². The van der Waals surface area contributed by atoms with Crippen LogP contribution in [-0.2, 0) is 0 Å². The Balaban J connectivity index is 0.984. The van der Waals surface area contributed by atoms with Crippen molar-refractivity contribution < 1.29 is 0 Å². The van der Waals surface area contributed by atoms with Crippen LogP contribution < -0.4 is 9.80 Å². The van der Waals surface area contributed by atoms with Crippen molar-refractivity contribution in [1.82, 2.24) is 9.13 Å². The molecular formula is C72H54N4. The average Bonchev–Trinajstić information content (AvgIpc) is 4.06. The zero-order chi connectivity index (χ0) is 51.0. The van der Waals surface area contributed by atoms with Gasteiger partial charge in [-0.2, -0.15) is 0 Å². The Labute approximate surface area is 444 Å². The van der Waals surface area contributed by atoms with E-state index in [0.29, 0.717) is 0 Å². The quantitative estimate of drug-likeness (QED) is 0.121. The zero-order valence-electron chi connectivity index (χ0n) is 42.5. The summed E-state index contributed by atoms with van der Waals surface area (Å²) in [6.07, 6.45) is 0. The fourth-order valence-electron chi connectivity index (χ4n) is 10.9. The number of para-hydroxylation sites is 2. The maximum absolute atomic E-state index is 2.44. The van der Waals surface area contributed by atoms with Gasteiger partial charge in [0.2, 0.25) is 0 Å². The number of hydrogen-bond acceptors (Lipinski definition) is 2. The molecular weight excluding hydrogens is 921 g/mol. The van der Waals surface area contributed by atoms with Gasteiger partial charge in [-0.05, 0) is 180 Å². The highest BCUT2D eigenvalue weighted by Gasteiger charge is 2.21. The predicted molar refractivity (Wildman–Crippen MR) is 321 cm³/mol. The van der Waals surface area contributed by atoms with Crippen molar-refractivity contribution in [3.8, 4) is 56.1 Å². The van der Waals surface area contributed by atoms with E-state index in [1.54, 1.807) is 0 Å². The summed E-state index contributed by atoms with van der Waals surface area (Å²) in [5, 5.41) is 2.31. The Morgan fingerprint density at radius 2 is 0.539 bits per heavy atom. The van der Waals surface area contributed by atoms with Gasteiger partial charge in [0.1, 0.15) is 0 Å². The standard InChI is InChI=1S/C72H54N4/c1-51-17-15-27-67(45-51)73(61-23-11-5-12-24-61)63-37-41-65(42-38-63)75-69(57-33-29-55(30-34-57)53-19-7-3-8-20-53)47-59-50-72-60(49-71(59)75)48-70(58-35-31-56(32-36-58)54-21-9-4-10-22-54)76(72)66-43-39-64(40-44-66)74(62-25-13-6-14-26-62)68-28-16-18-52(2)46-68/h3-50H,1-2H3. The summed E-state index contributed by atoms with van der Waals surface area (Å²) in [6, 6.07) is 106. The lowest BCUT2D eigenvalue weighted by Crippen LogP contribution is -2.10. The number of fused-ring (bicyclic) bond motifs is 2. The molecule has 11 aromatic carbocycles. The summed E-state index contributed by atoms with van der Waals surface area (Å²) < 4.78 is 4.89. The Morgan fingerprint density at radius 1 is 0.237 bits per heavy atom. The van der Waals surface area contributed by atoms with E-state index >= 15 is 0 Å². The van der Waals surface area contributed by atoms with E-state index in [4.69, 9.17) is 0 Å². The van der Waals surface area contributed by atoms with Crippen LogP contribution in [-0.4, -0.2) is 9.13 Å². The molecule has 0 bridgehead atoms. The highest BCUT2D eigenvalue weighted by molar-refractivity contribution is 6.02. The van der Waals surface area contributed by atoms with E-state index in [9.17, 15) is 0 Å². The van der Waals surface area contributed by atoms with Crippen molar-refractivity contribution in [3.05, 3.63) is 302 Å². The molecule has 0 spiro atoms. The summed E-state index contributed by atoms with van der Waals surface area (Å²) >= 11 is 0. The normalized spacial score (nSPS) is 11.3. The zero-order valence-corrected chi connectivity index (χ0v) is 42.5. The van der Waals surface area contributed by atoms with Crippen LogP contribution >= 0.6 is 0 Å². The van der Waals surface area contributed by atoms with Gasteiger partial charge >= 0.3 is 0 Å². The summed E-state index contributed by atoms with van der Waals surface area (Å²) in [4.78, 5) is 4.67. The molecule has 76 heavy (non-hydrogen) atoms. The minimum Gasteiger partial charge on any atom is -0.310 e. The van der Waals surface area contributed by atoms with Gasteiger partial charge in [-0.25, -0.2) is 0 Å². The molecule has 2 heterocycles. The highest BCUT2D eigenvalue weighted by Crippen LogP contribution is 2.42. The highest BCUT2D eigenvalue weighted by atomic mass is 15.1. The Bertz CT molecular complexity index is 3850. The van der Waals surface area contributed by atoms with E-state index in [-0.39, 0.29) is 0 Å². The van der Waals surface area contributed by atoms with Crippen LogP contribution in [0.2, 0.25) is 0 Å². The lowest BCUT2D eigenvalue weighted by molar-refractivity contribution is 1.13. The fourth-order valence-corrected chi connectivity index (χ4v) is 10.9. The molecule has 2 aromatic heterocycles. The van der Waals surface area contributed by atoms with Gasteiger partial charge in [-0.1, -0.05) is 170 Å². The van der Waals surface area contributed by atoms with E-state index in [0.717, 1.165) is 89.8 Å². The predicted octanol–water partition coefficient (Wildman–Crippen LogP) is 19.8. The van der Waals surface area contributed by atoms with Gasteiger partial charge in [0.05, 0.1) is 22.4 Å². The minimum absolute atomic E-state index is 1.08. The number of hydrogen-bond donors (Lipinski definition) is 0. The SMILES string of the molecule is Cc1cccc(N(c2ccccc2)c2ccc(-n3c(-c4ccc(-c5ccccc5)cc4)cc4cc5c(cc(-c6ccc(-c7ccccc7)cc6)n5-c5ccc(N(c6ccccc6)c6cccc(C)c6)cc5)cc43)cc2)c1. The van der Waals surface area contributed by atoms with E-state index in [1.165, 1.54) is 33.4 Å². The molecule has 4 heteroatoms. The topological polar surface area (TPSA) is 16.3 Å². The molecule has 13 aromatic rings. The molecule has 0 saturated heterocycles. The number of anilines is 6. The second kappa shape index (κ2) is 19.8. The lowest BCUT2D eigenvalue weighted by atomic mass is 10.0. The first-order valence-electron chi connectivity index (χ1n) is 26.1. The molecule has 13 rings (SSSR count). The van der Waals surface area contributed by atoms with Crippen LogP contribution in [0.5, 0.6) is 0 Å². The summed E-state index contributed by atoms with van der Waals surface area (Å²) in [6.45, 7) is 4.30. The van der Waals surface area contributed by atoms with Crippen molar-refractivity contribution in [2.75, 3.05) is 9.80 Å². The van der Waals surface area contributed by atoms with Crippen molar-refractivity contribution in [2.24, 2.45) is 0 Å². The molecule has 0 radical (unpaired) electrons. The maximum Gasteiger partial charge on any atom is 0.0542 e. The molecule has 362 valence electrons. The Kier molecular flexibility index (Phi) is 12.0. The van der Waals surface area contributed by atoms with Gasteiger partial charge in [-0.3, -0.25) is 0 Å². The van der Waals surface area contributed by atoms with Gasteiger partial charge in [-0.15, -0.1) is 0 Å². The third-order valence-electron chi connectivity index (χ3n) is 14.6. The summed E-state index contributed by atoms with van der Waals surface area (Å²) in [5.41, 5.74) is 22.8. The number of benzene rings is 11. The second-order valence-electron chi connectivity index (χ2n) is 19.6. The van der Waals surface area contributed by atoms with Crippen LogP contribution in [0.25, 0.3) is 77.9 Å². The smallest absolute Gasteiger partial charge is 0.0542 e. The van der Waals surface area contributed by atoms with E-state index in [2.05, 4.69) is 324 Å². The lowest BCUT2D eigenvalue weighted by Gasteiger charge is -2.26. The van der Waals surface area contributed by atoms with Gasteiger partial charge in [0, 0.05) is 56.3 Å². The Hall–Kier alpha value is -9.90. The fraction of sp³-hybridized carbons (Fsp3) is 0.0278. The Morgan fingerprint density at radius 3 is 0.895 bits per heavy atom. The molecule has 0 N–H and O–H groups in total. The minimum atomic E-state index is 1.08. The monoisotopic (exact) mass is 974 g/mol. The number of aromatic nitrogens is 2. The maximum atomic E-state index is 2.44. The summed E-state index contributed by atoms with van der Waals surface area (Å²) in [7, 11) is 0. The molecule has 0 saturated carbocycles. The summed E-state index contributed by atoms with van der Waals surface area (Å²) in [5.74, 6) is 0.